The number of nitrogens with zero attached hydrogens (tertiary/aromatic N) is 2. The van der Waals surface area contributed by atoms with Crippen molar-refractivity contribution in [1.82, 2.24) is 4.98 Å². The highest BCUT2D eigenvalue weighted by molar-refractivity contribution is 5.93. The number of nitrogens with two attached hydrogens (primary N) is 1. The summed E-state index contributed by atoms with van der Waals surface area (Å²) in [5, 5.41) is 9.26. The van der Waals surface area contributed by atoms with Crippen LogP contribution in [-0.4, -0.2) is 4.98 Å². The molecule has 0 amide bonds. The SMILES string of the molecule is Cc1c(N)nc(C(F)(F)F)c2cc(-c3ccc(C#N)cc3)ccc12. The number of alkyl halides is 3. The van der Waals surface area contributed by atoms with Crippen LogP contribution in [0.25, 0.3) is 21.9 Å². The van der Waals surface area contributed by atoms with Gasteiger partial charge in [0.05, 0.1) is 11.6 Å². The molecule has 0 spiro atoms. The molecule has 120 valence electrons. The average molecular weight is 327 g/mol. The van der Waals surface area contributed by atoms with Gasteiger partial charge in [-0.15, -0.1) is 0 Å². The Hall–Kier alpha value is -3.07. The van der Waals surface area contributed by atoms with Crippen molar-refractivity contribution in [2.45, 2.75) is 13.1 Å². The van der Waals surface area contributed by atoms with E-state index in [0.29, 0.717) is 22.1 Å². The van der Waals surface area contributed by atoms with Crippen LogP contribution >= 0.6 is 0 Å². The number of nitriles is 1. The van der Waals surface area contributed by atoms with E-state index in [1.165, 1.54) is 6.07 Å². The molecule has 0 saturated carbocycles. The lowest BCUT2D eigenvalue weighted by atomic mass is 9.97. The summed E-state index contributed by atoms with van der Waals surface area (Å²) in [6.07, 6.45) is -4.59. The van der Waals surface area contributed by atoms with Crippen molar-refractivity contribution in [2.24, 2.45) is 0 Å². The number of aryl methyl sites for hydroxylation is 1. The summed E-state index contributed by atoms with van der Waals surface area (Å²) in [6.45, 7) is 1.65. The molecule has 0 atom stereocenters. The maximum atomic E-state index is 13.3. The van der Waals surface area contributed by atoms with Gasteiger partial charge in [-0.2, -0.15) is 18.4 Å². The third-order valence-electron chi connectivity index (χ3n) is 3.91. The van der Waals surface area contributed by atoms with Crippen molar-refractivity contribution in [1.29, 1.82) is 5.26 Å². The lowest BCUT2D eigenvalue weighted by Crippen LogP contribution is -2.11. The number of fused-ring (bicyclic) bond motifs is 1. The van der Waals surface area contributed by atoms with Crippen LogP contribution in [0.5, 0.6) is 0 Å². The van der Waals surface area contributed by atoms with Gasteiger partial charge in [0, 0.05) is 5.39 Å². The molecular formula is C18H12F3N3. The van der Waals surface area contributed by atoms with Crippen LogP contribution in [0, 0.1) is 18.3 Å². The Morgan fingerprint density at radius 3 is 2.21 bits per heavy atom. The number of benzene rings is 2. The fourth-order valence-corrected chi connectivity index (χ4v) is 2.60. The molecule has 3 rings (SSSR count). The third-order valence-corrected chi connectivity index (χ3v) is 3.91. The average Bonchev–Trinajstić information content (AvgIpc) is 2.56. The summed E-state index contributed by atoms with van der Waals surface area (Å²) < 4.78 is 39.9. The van der Waals surface area contributed by atoms with Gasteiger partial charge in [0.1, 0.15) is 5.82 Å². The van der Waals surface area contributed by atoms with Crippen molar-refractivity contribution in [3.63, 3.8) is 0 Å². The zero-order valence-corrected chi connectivity index (χ0v) is 12.6. The van der Waals surface area contributed by atoms with Gasteiger partial charge < -0.3 is 5.73 Å². The Morgan fingerprint density at radius 2 is 1.62 bits per heavy atom. The van der Waals surface area contributed by atoms with Gasteiger partial charge in [0.15, 0.2) is 5.69 Å². The van der Waals surface area contributed by atoms with Gasteiger partial charge >= 0.3 is 6.18 Å². The number of rotatable bonds is 1. The summed E-state index contributed by atoms with van der Waals surface area (Å²) >= 11 is 0. The normalized spacial score (nSPS) is 11.5. The molecule has 2 aromatic carbocycles. The van der Waals surface area contributed by atoms with Gasteiger partial charge in [0.25, 0.3) is 0 Å². The first-order valence-electron chi connectivity index (χ1n) is 7.09. The molecule has 1 heterocycles. The Morgan fingerprint density at radius 1 is 1.00 bits per heavy atom. The Kier molecular flexibility index (Phi) is 3.64. The molecule has 0 saturated heterocycles. The minimum absolute atomic E-state index is 0.0102. The first kappa shape index (κ1) is 15.8. The molecule has 3 aromatic rings. The number of hydrogen-bond donors (Lipinski definition) is 1. The minimum atomic E-state index is -4.59. The second kappa shape index (κ2) is 5.53. The summed E-state index contributed by atoms with van der Waals surface area (Å²) in [6, 6.07) is 13.5. The molecule has 0 radical (unpaired) electrons. The number of pyridine rings is 1. The van der Waals surface area contributed by atoms with Crippen molar-refractivity contribution >= 4 is 16.6 Å². The van der Waals surface area contributed by atoms with E-state index in [9.17, 15) is 13.2 Å². The van der Waals surface area contributed by atoms with Crippen LogP contribution in [0.4, 0.5) is 19.0 Å². The standard InChI is InChI=1S/C18H12F3N3/c1-10-14-7-6-13(12-4-2-11(9-22)3-5-12)8-15(14)16(18(19,20)21)24-17(10)23/h2-8H,1H3,(H2,23,24). The number of aromatic nitrogens is 1. The fraction of sp³-hybridized carbons (Fsp3) is 0.111. The molecule has 0 aliphatic rings. The maximum Gasteiger partial charge on any atom is 0.434 e. The van der Waals surface area contributed by atoms with Gasteiger partial charge in [-0.05, 0) is 47.2 Å². The largest absolute Gasteiger partial charge is 0.434 e. The second-order valence-corrected chi connectivity index (χ2v) is 5.42. The lowest BCUT2D eigenvalue weighted by Gasteiger charge is -2.14. The number of hydrogen-bond acceptors (Lipinski definition) is 3. The Balaban J connectivity index is 2.26. The van der Waals surface area contributed by atoms with Crippen molar-refractivity contribution in [2.75, 3.05) is 5.73 Å². The highest BCUT2D eigenvalue weighted by Gasteiger charge is 2.35. The monoisotopic (exact) mass is 327 g/mol. The van der Waals surface area contributed by atoms with Crippen LogP contribution in [0.15, 0.2) is 42.5 Å². The van der Waals surface area contributed by atoms with Crippen LogP contribution in [0.1, 0.15) is 16.8 Å². The smallest absolute Gasteiger partial charge is 0.383 e. The minimum Gasteiger partial charge on any atom is -0.383 e. The first-order chi connectivity index (χ1) is 11.3. The van der Waals surface area contributed by atoms with Gasteiger partial charge in [-0.25, -0.2) is 4.98 Å². The summed E-state index contributed by atoms with van der Waals surface area (Å²) in [4.78, 5) is 3.54. The zero-order chi connectivity index (χ0) is 17.5. The number of halogens is 3. The molecule has 0 bridgehead atoms. The van der Waals surface area contributed by atoms with E-state index >= 15 is 0 Å². The molecule has 6 heteroatoms. The molecule has 0 unspecified atom stereocenters. The van der Waals surface area contributed by atoms with Crippen LogP contribution < -0.4 is 5.73 Å². The zero-order valence-electron chi connectivity index (χ0n) is 12.6. The highest BCUT2D eigenvalue weighted by atomic mass is 19.4. The topological polar surface area (TPSA) is 62.7 Å². The van der Waals surface area contributed by atoms with Crippen LogP contribution in [0.2, 0.25) is 0 Å². The number of nitrogen functional groups attached to an aromatic ring is 1. The summed E-state index contributed by atoms with van der Waals surface area (Å²) in [5.74, 6) is -0.124. The molecule has 2 N–H and O–H groups in total. The summed E-state index contributed by atoms with van der Waals surface area (Å²) in [5.41, 5.74) is 6.97. The first-order valence-corrected chi connectivity index (χ1v) is 7.09. The second-order valence-electron chi connectivity index (χ2n) is 5.42. The fourth-order valence-electron chi connectivity index (χ4n) is 2.60. The van der Waals surface area contributed by atoms with Crippen LogP contribution in [-0.2, 0) is 6.18 Å². The molecule has 24 heavy (non-hydrogen) atoms. The molecule has 3 nitrogen and oxygen atoms in total. The van der Waals surface area contributed by atoms with E-state index in [0.717, 1.165) is 5.56 Å². The Bertz CT molecular complexity index is 968. The predicted octanol–water partition coefficient (Wildman–Crippen LogP) is 4.68. The molecule has 0 aliphatic heterocycles. The molecular weight excluding hydrogens is 315 g/mol. The van der Waals surface area contributed by atoms with E-state index in [-0.39, 0.29) is 11.2 Å². The van der Waals surface area contributed by atoms with Gasteiger partial charge in [0.2, 0.25) is 0 Å². The third kappa shape index (κ3) is 2.65. The van der Waals surface area contributed by atoms with Gasteiger partial charge in [-0.1, -0.05) is 24.3 Å². The lowest BCUT2D eigenvalue weighted by molar-refractivity contribution is -0.139. The van der Waals surface area contributed by atoms with Crippen LogP contribution in [0.3, 0.4) is 0 Å². The van der Waals surface area contributed by atoms with E-state index in [2.05, 4.69) is 4.98 Å². The quantitative estimate of drug-likeness (QED) is 0.705. The van der Waals surface area contributed by atoms with Crippen molar-refractivity contribution in [3.05, 3.63) is 59.3 Å². The summed E-state index contributed by atoms with van der Waals surface area (Å²) in [7, 11) is 0. The number of anilines is 1. The Labute approximate surface area is 136 Å². The van der Waals surface area contributed by atoms with E-state index in [4.69, 9.17) is 11.0 Å². The molecule has 1 aromatic heterocycles. The highest BCUT2D eigenvalue weighted by Crippen LogP contribution is 2.37. The van der Waals surface area contributed by atoms with E-state index in [1.54, 1.807) is 43.3 Å². The van der Waals surface area contributed by atoms with Gasteiger partial charge in [-0.3, -0.25) is 0 Å². The van der Waals surface area contributed by atoms with Crippen molar-refractivity contribution in [3.8, 4) is 17.2 Å². The van der Waals surface area contributed by atoms with E-state index in [1.807, 2.05) is 6.07 Å². The predicted molar refractivity (Wildman–Crippen MR) is 86.0 cm³/mol. The molecule has 0 fully saturated rings. The maximum absolute atomic E-state index is 13.3. The molecule has 0 aliphatic carbocycles. The van der Waals surface area contributed by atoms with Crippen molar-refractivity contribution < 1.29 is 13.2 Å². The van der Waals surface area contributed by atoms with E-state index < -0.39 is 11.9 Å².